The van der Waals surface area contributed by atoms with E-state index >= 15 is 0 Å². The number of hydrogen-bond donors (Lipinski definition) is 2. The number of nitrogens with one attached hydrogen (secondary N) is 1. The number of primary amides is 1. The van der Waals surface area contributed by atoms with E-state index in [0.29, 0.717) is 22.9 Å². The van der Waals surface area contributed by atoms with E-state index in [1.807, 2.05) is 29.2 Å². The quantitative estimate of drug-likeness (QED) is 0.632. The lowest BCUT2D eigenvalue weighted by Crippen LogP contribution is -2.39. The minimum Gasteiger partial charge on any atom is -0.368 e. The van der Waals surface area contributed by atoms with Gasteiger partial charge in [0.2, 0.25) is 5.91 Å². The molecular weight excluding hydrogens is 403 g/mol. The zero-order chi connectivity index (χ0) is 21.1. The molecule has 0 radical (unpaired) electrons. The molecule has 2 amide bonds. The largest absolute Gasteiger partial charge is 0.368 e. The number of thiazole rings is 1. The molecule has 30 heavy (non-hydrogen) atoms. The lowest BCUT2D eigenvalue weighted by molar-refractivity contribution is -0.122. The van der Waals surface area contributed by atoms with Gasteiger partial charge in [-0.25, -0.2) is 9.37 Å². The first kappa shape index (κ1) is 20.2. The van der Waals surface area contributed by atoms with Gasteiger partial charge in [0.25, 0.3) is 5.91 Å². The Balaban J connectivity index is 1.49. The van der Waals surface area contributed by atoms with E-state index in [2.05, 4.69) is 10.3 Å². The molecular formula is C22H21FN4O2S. The van der Waals surface area contributed by atoms with Crippen LogP contribution in [0.15, 0.2) is 53.9 Å². The summed E-state index contributed by atoms with van der Waals surface area (Å²) < 4.78 is 13.1. The van der Waals surface area contributed by atoms with Crippen molar-refractivity contribution in [2.75, 3.05) is 11.9 Å². The van der Waals surface area contributed by atoms with Crippen LogP contribution >= 0.6 is 11.3 Å². The van der Waals surface area contributed by atoms with Gasteiger partial charge < -0.3 is 11.1 Å². The summed E-state index contributed by atoms with van der Waals surface area (Å²) in [5.41, 5.74) is 8.16. The summed E-state index contributed by atoms with van der Waals surface area (Å²) in [6.45, 7) is 1.32. The molecule has 1 saturated heterocycles. The molecule has 3 aromatic rings. The summed E-state index contributed by atoms with van der Waals surface area (Å²) >= 11 is 1.33. The molecule has 1 unspecified atom stereocenters. The van der Waals surface area contributed by atoms with Crippen molar-refractivity contribution in [1.82, 2.24) is 9.88 Å². The number of rotatable bonds is 6. The fraction of sp³-hybridized carbons (Fsp3) is 0.227. The first-order valence-electron chi connectivity index (χ1n) is 9.65. The number of hydrogen-bond acceptors (Lipinski definition) is 5. The number of nitrogens with two attached hydrogens (primary N) is 1. The predicted molar refractivity (Wildman–Crippen MR) is 115 cm³/mol. The Morgan fingerprint density at radius 3 is 2.73 bits per heavy atom. The maximum atomic E-state index is 13.1. The van der Waals surface area contributed by atoms with Crippen molar-refractivity contribution < 1.29 is 14.0 Å². The Labute approximate surface area is 177 Å². The summed E-state index contributed by atoms with van der Waals surface area (Å²) in [6.07, 6.45) is 1.68. The summed E-state index contributed by atoms with van der Waals surface area (Å²) in [5, 5.41) is 5.25. The van der Waals surface area contributed by atoms with Crippen molar-refractivity contribution in [3.05, 3.63) is 71.0 Å². The lowest BCUT2D eigenvalue weighted by atomic mass is 10.1. The molecule has 1 atom stereocenters. The number of benzene rings is 2. The molecule has 6 nitrogen and oxygen atoms in total. The van der Waals surface area contributed by atoms with Crippen molar-refractivity contribution in [2.45, 2.75) is 25.4 Å². The molecule has 1 aliphatic rings. The molecule has 0 bridgehead atoms. The lowest BCUT2D eigenvalue weighted by Gasteiger charge is -2.23. The van der Waals surface area contributed by atoms with Crippen molar-refractivity contribution in [1.29, 1.82) is 0 Å². The van der Waals surface area contributed by atoms with Gasteiger partial charge in [-0.1, -0.05) is 18.2 Å². The van der Waals surface area contributed by atoms with Gasteiger partial charge in [-0.05, 0) is 55.3 Å². The smallest absolute Gasteiger partial charge is 0.275 e. The van der Waals surface area contributed by atoms with Gasteiger partial charge >= 0.3 is 0 Å². The summed E-state index contributed by atoms with van der Waals surface area (Å²) in [5.74, 6) is -0.953. The molecule has 2 heterocycles. The highest BCUT2D eigenvalue weighted by atomic mass is 32.1. The molecule has 4 rings (SSSR count). The highest BCUT2D eigenvalue weighted by molar-refractivity contribution is 7.13. The van der Waals surface area contributed by atoms with Gasteiger partial charge in [-0.15, -0.1) is 11.3 Å². The molecule has 0 saturated carbocycles. The number of aromatic nitrogens is 1. The maximum absolute atomic E-state index is 13.1. The molecule has 0 aliphatic carbocycles. The number of amides is 2. The zero-order valence-electron chi connectivity index (χ0n) is 16.2. The number of halogens is 1. The Hall–Kier alpha value is -3.10. The van der Waals surface area contributed by atoms with Gasteiger partial charge in [0.05, 0.1) is 6.04 Å². The fourth-order valence-corrected chi connectivity index (χ4v) is 4.43. The van der Waals surface area contributed by atoms with Gasteiger partial charge in [-0.3, -0.25) is 14.5 Å². The average molecular weight is 425 g/mol. The van der Waals surface area contributed by atoms with Crippen LogP contribution in [0.1, 0.15) is 28.9 Å². The van der Waals surface area contributed by atoms with E-state index < -0.39 is 0 Å². The number of carbonyl (C=O) groups excluding carboxylic acids is 2. The molecule has 1 aromatic heterocycles. The molecule has 2 aromatic carbocycles. The molecule has 154 valence electrons. The van der Waals surface area contributed by atoms with Crippen molar-refractivity contribution in [3.63, 3.8) is 0 Å². The fourth-order valence-electron chi connectivity index (χ4n) is 3.63. The van der Waals surface area contributed by atoms with Crippen LogP contribution in [0.25, 0.3) is 10.6 Å². The van der Waals surface area contributed by atoms with E-state index in [1.54, 1.807) is 17.5 Å². The molecule has 1 fully saturated rings. The predicted octanol–water partition coefficient (Wildman–Crippen LogP) is 3.65. The van der Waals surface area contributed by atoms with Crippen molar-refractivity contribution in [3.8, 4) is 10.6 Å². The monoisotopic (exact) mass is 424 g/mol. The van der Waals surface area contributed by atoms with Gasteiger partial charge in [0, 0.05) is 23.2 Å². The third kappa shape index (κ3) is 4.39. The van der Waals surface area contributed by atoms with Crippen molar-refractivity contribution >= 4 is 28.8 Å². The van der Waals surface area contributed by atoms with E-state index in [4.69, 9.17) is 5.73 Å². The number of nitrogens with zero attached hydrogens (tertiary/aromatic N) is 2. The van der Waals surface area contributed by atoms with Crippen molar-refractivity contribution in [2.24, 2.45) is 5.73 Å². The second-order valence-corrected chi connectivity index (χ2v) is 8.05. The average Bonchev–Trinajstić information content (AvgIpc) is 3.40. The Kier molecular flexibility index (Phi) is 5.87. The van der Waals surface area contributed by atoms with Gasteiger partial charge in [0.15, 0.2) is 0 Å². The number of likely N-dealkylation sites (tertiary alicyclic amines) is 1. The Bertz CT molecular complexity index is 1070. The zero-order valence-corrected chi connectivity index (χ0v) is 17.0. The second-order valence-electron chi connectivity index (χ2n) is 7.19. The SMILES string of the molecule is NC(=O)C1CCCN1Cc1ccccc1NC(=O)c1csc(-c2ccc(F)cc2)n1. The van der Waals surface area contributed by atoms with E-state index in [1.165, 1.54) is 23.5 Å². The first-order chi connectivity index (χ1) is 14.5. The van der Waals surface area contributed by atoms with Gasteiger partial charge in [-0.2, -0.15) is 0 Å². The van der Waals surface area contributed by atoms with Crippen LogP contribution in [-0.2, 0) is 11.3 Å². The standard InChI is InChI=1S/C22H21FN4O2S/c23-16-9-7-14(8-10-16)22-26-18(13-30-22)21(29)25-17-5-2-1-4-15(17)12-27-11-3-6-19(27)20(24)28/h1-2,4-5,7-10,13,19H,3,6,11-12H2,(H2,24,28)(H,25,29). The molecule has 0 spiro atoms. The third-order valence-electron chi connectivity index (χ3n) is 5.16. The van der Waals surface area contributed by atoms with Crippen LogP contribution in [0.3, 0.4) is 0 Å². The molecule has 1 aliphatic heterocycles. The number of para-hydroxylation sites is 1. The van der Waals surface area contributed by atoms with Gasteiger partial charge in [0.1, 0.15) is 16.5 Å². The van der Waals surface area contributed by atoms with Crippen LogP contribution in [-0.4, -0.2) is 34.3 Å². The number of carbonyl (C=O) groups is 2. The van der Waals surface area contributed by atoms with Crippen LogP contribution in [0.4, 0.5) is 10.1 Å². The van der Waals surface area contributed by atoms with Crippen LogP contribution in [0.5, 0.6) is 0 Å². The third-order valence-corrected chi connectivity index (χ3v) is 6.05. The van der Waals surface area contributed by atoms with Crippen LogP contribution < -0.4 is 11.1 Å². The molecule has 8 heteroatoms. The summed E-state index contributed by atoms with van der Waals surface area (Å²) in [7, 11) is 0. The number of anilines is 1. The second kappa shape index (κ2) is 8.73. The van der Waals surface area contributed by atoms with Crippen LogP contribution in [0.2, 0.25) is 0 Å². The van der Waals surface area contributed by atoms with E-state index in [9.17, 15) is 14.0 Å². The van der Waals surface area contributed by atoms with E-state index in [-0.39, 0.29) is 23.7 Å². The Morgan fingerprint density at radius 1 is 1.20 bits per heavy atom. The summed E-state index contributed by atoms with van der Waals surface area (Å²) in [4.78, 5) is 30.9. The minimum absolute atomic E-state index is 0.273. The Morgan fingerprint density at radius 2 is 1.97 bits per heavy atom. The summed E-state index contributed by atoms with van der Waals surface area (Å²) in [6, 6.07) is 13.2. The highest BCUT2D eigenvalue weighted by Gasteiger charge is 2.29. The van der Waals surface area contributed by atoms with Crippen LogP contribution in [0, 0.1) is 5.82 Å². The minimum atomic E-state index is -0.320. The highest BCUT2D eigenvalue weighted by Crippen LogP contribution is 2.26. The maximum Gasteiger partial charge on any atom is 0.275 e. The topological polar surface area (TPSA) is 88.3 Å². The normalized spacial score (nSPS) is 16.5. The van der Waals surface area contributed by atoms with E-state index in [0.717, 1.165) is 30.5 Å². The first-order valence-corrected chi connectivity index (χ1v) is 10.5. The molecule has 3 N–H and O–H groups in total.